The summed E-state index contributed by atoms with van der Waals surface area (Å²) in [4.78, 5) is 26.4. The summed E-state index contributed by atoms with van der Waals surface area (Å²) < 4.78 is 5.45. The van der Waals surface area contributed by atoms with Gasteiger partial charge in [-0.2, -0.15) is 5.10 Å². The fourth-order valence-electron chi connectivity index (χ4n) is 3.53. The number of hydrogen-bond acceptors (Lipinski definition) is 4. The highest BCUT2D eigenvalue weighted by atomic mass is 16.6. The van der Waals surface area contributed by atoms with Gasteiger partial charge in [-0.15, -0.1) is 0 Å². The van der Waals surface area contributed by atoms with E-state index in [1.165, 1.54) is 5.56 Å². The van der Waals surface area contributed by atoms with Crippen molar-refractivity contribution >= 4 is 17.8 Å². The second-order valence-electron chi connectivity index (χ2n) is 10.2. The molecule has 0 bridgehead atoms. The first kappa shape index (κ1) is 22.8. The van der Waals surface area contributed by atoms with E-state index in [0.717, 1.165) is 16.8 Å². The molecule has 2 heterocycles. The molecule has 0 aliphatic carbocycles. The summed E-state index contributed by atoms with van der Waals surface area (Å²) in [7, 11) is 0. The molecule has 0 atom stereocenters. The fourth-order valence-corrected chi connectivity index (χ4v) is 3.53. The molecule has 2 amide bonds. The lowest BCUT2D eigenvalue weighted by molar-refractivity contribution is -0.116. The third-order valence-corrected chi connectivity index (χ3v) is 5.30. The minimum Gasteiger partial charge on any atom is -0.444 e. The molecule has 1 aromatic heterocycles. The molecule has 1 aliphatic heterocycles. The second-order valence-corrected chi connectivity index (χ2v) is 10.2. The highest BCUT2D eigenvalue weighted by Gasteiger charge is 2.28. The molecule has 0 radical (unpaired) electrons. The number of anilines is 1. The summed E-state index contributed by atoms with van der Waals surface area (Å²) in [5.74, 6) is 0.496. The Morgan fingerprint density at radius 1 is 1.13 bits per heavy atom. The molecule has 7 heteroatoms. The van der Waals surface area contributed by atoms with Crippen LogP contribution >= 0.6 is 0 Å². The predicted molar refractivity (Wildman–Crippen MR) is 121 cm³/mol. The summed E-state index contributed by atoms with van der Waals surface area (Å²) >= 11 is 0. The first-order valence-electron chi connectivity index (χ1n) is 10.9. The molecule has 0 spiro atoms. The van der Waals surface area contributed by atoms with E-state index < -0.39 is 5.60 Å². The molecule has 31 heavy (non-hydrogen) atoms. The molecule has 168 valence electrons. The minimum absolute atomic E-state index is 0.0660. The molecule has 0 fully saturated rings. The fraction of sp³-hybridized carbons (Fsp3) is 0.542. The van der Waals surface area contributed by atoms with Crippen LogP contribution in [0.1, 0.15) is 70.3 Å². The largest absolute Gasteiger partial charge is 0.444 e. The first-order valence-corrected chi connectivity index (χ1v) is 10.9. The van der Waals surface area contributed by atoms with Crippen molar-refractivity contribution in [2.75, 3.05) is 11.9 Å². The highest BCUT2D eigenvalue weighted by molar-refractivity contribution is 5.90. The van der Waals surface area contributed by atoms with Gasteiger partial charge in [-0.3, -0.25) is 9.89 Å². The van der Waals surface area contributed by atoms with Gasteiger partial charge < -0.3 is 15.0 Å². The van der Waals surface area contributed by atoms with Crippen LogP contribution in [0.2, 0.25) is 0 Å². The van der Waals surface area contributed by atoms with E-state index in [0.29, 0.717) is 38.2 Å². The lowest BCUT2D eigenvalue weighted by atomic mass is 9.86. The zero-order chi connectivity index (χ0) is 22.8. The molecule has 2 N–H and O–H groups in total. The number of carbonyl (C=O) groups excluding carboxylic acids is 2. The maximum Gasteiger partial charge on any atom is 0.410 e. The van der Waals surface area contributed by atoms with E-state index in [-0.39, 0.29) is 17.4 Å². The lowest BCUT2D eigenvalue weighted by Gasteiger charge is -2.29. The summed E-state index contributed by atoms with van der Waals surface area (Å²) in [5.41, 5.74) is 3.81. The first-order chi connectivity index (χ1) is 14.4. The van der Waals surface area contributed by atoms with E-state index in [4.69, 9.17) is 4.74 Å². The van der Waals surface area contributed by atoms with Crippen LogP contribution in [0.3, 0.4) is 0 Å². The Morgan fingerprint density at radius 2 is 1.81 bits per heavy atom. The van der Waals surface area contributed by atoms with E-state index >= 15 is 0 Å². The standard InChI is InChI=1S/C24H34N4O3/c1-23(2,3)17-10-7-16(8-11-17)9-12-20(29)25-21-18-13-14-28(15-19(18)26-27-21)22(30)31-24(4,5)6/h7-8,10-11H,9,12-15H2,1-6H3,(H2,25,26,27,29). The summed E-state index contributed by atoms with van der Waals surface area (Å²) in [5, 5.41) is 10.1. The van der Waals surface area contributed by atoms with Crippen LogP contribution in [-0.4, -0.2) is 39.2 Å². The number of fused-ring (bicyclic) bond motifs is 1. The Balaban J connectivity index is 1.54. The number of carbonyl (C=O) groups is 2. The zero-order valence-corrected chi connectivity index (χ0v) is 19.5. The number of hydrogen-bond donors (Lipinski definition) is 2. The molecule has 0 unspecified atom stereocenters. The van der Waals surface area contributed by atoms with Gasteiger partial charge in [0.05, 0.1) is 12.2 Å². The van der Waals surface area contributed by atoms with E-state index in [2.05, 4.69) is 60.6 Å². The Hall–Kier alpha value is -2.83. The quantitative estimate of drug-likeness (QED) is 0.750. The maximum atomic E-state index is 12.5. The van der Waals surface area contributed by atoms with Crippen LogP contribution in [0, 0.1) is 0 Å². The Morgan fingerprint density at radius 3 is 2.42 bits per heavy atom. The summed E-state index contributed by atoms with van der Waals surface area (Å²) in [6.07, 6.45) is 1.35. The van der Waals surface area contributed by atoms with Gasteiger partial charge in [0.1, 0.15) is 5.60 Å². The highest BCUT2D eigenvalue weighted by Crippen LogP contribution is 2.25. The van der Waals surface area contributed by atoms with Gasteiger partial charge in [0, 0.05) is 18.5 Å². The monoisotopic (exact) mass is 426 g/mol. The Bertz CT molecular complexity index is 933. The number of aromatic amines is 1. The van der Waals surface area contributed by atoms with Crippen molar-refractivity contribution in [3.63, 3.8) is 0 Å². The van der Waals surface area contributed by atoms with Gasteiger partial charge in [-0.25, -0.2) is 4.79 Å². The number of aryl methyl sites for hydroxylation is 1. The van der Waals surface area contributed by atoms with Gasteiger partial charge in [0.25, 0.3) is 0 Å². The van der Waals surface area contributed by atoms with Crippen molar-refractivity contribution in [1.29, 1.82) is 0 Å². The van der Waals surface area contributed by atoms with Gasteiger partial charge in [-0.05, 0) is 50.2 Å². The number of nitrogens with one attached hydrogen (secondary N) is 2. The van der Waals surface area contributed by atoms with Gasteiger partial charge in [0.2, 0.25) is 5.91 Å². The molecule has 7 nitrogen and oxygen atoms in total. The Labute approximate surface area is 184 Å². The van der Waals surface area contributed by atoms with Crippen molar-refractivity contribution in [2.24, 2.45) is 0 Å². The van der Waals surface area contributed by atoms with Crippen LogP contribution in [0.15, 0.2) is 24.3 Å². The van der Waals surface area contributed by atoms with Crippen molar-refractivity contribution in [3.8, 4) is 0 Å². The van der Waals surface area contributed by atoms with Gasteiger partial charge >= 0.3 is 6.09 Å². The molecule has 1 aromatic carbocycles. The second kappa shape index (κ2) is 8.73. The average molecular weight is 427 g/mol. The van der Waals surface area contributed by atoms with E-state index in [1.54, 1.807) is 4.90 Å². The third kappa shape index (κ3) is 6.09. The van der Waals surface area contributed by atoms with Crippen LogP contribution in [0.25, 0.3) is 0 Å². The summed E-state index contributed by atoms with van der Waals surface area (Å²) in [6, 6.07) is 8.45. The lowest BCUT2D eigenvalue weighted by Crippen LogP contribution is -2.39. The zero-order valence-electron chi connectivity index (χ0n) is 19.5. The van der Waals surface area contributed by atoms with Crippen molar-refractivity contribution in [3.05, 3.63) is 46.6 Å². The van der Waals surface area contributed by atoms with Gasteiger partial charge in [0.15, 0.2) is 5.82 Å². The molecule has 2 aromatic rings. The van der Waals surface area contributed by atoms with Crippen molar-refractivity contribution in [1.82, 2.24) is 15.1 Å². The smallest absolute Gasteiger partial charge is 0.410 e. The molecule has 3 rings (SSSR count). The normalized spacial score (nSPS) is 14.2. The minimum atomic E-state index is -0.530. The molecular weight excluding hydrogens is 392 g/mol. The maximum absolute atomic E-state index is 12.5. The number of benzene rings is 1. The van der Waals surface area contributed by atoms with Crippen molar-refractivity contribution in [2.45, 2.75) is 78.4 Å². The molecule has 1 aliphatic rings. The predicted octanol–water partition coefficient (Wildman–Crippen LogP) is 4.57. The SMILES string of the molecule is CC(C)(C)OC(=O)N1CCc2c(NC(=O)CCc3ccc(C(C)(C)C)cc3)n[nH]c2C1. The molecule has 0 saturated heterocycles. The number of H-pyrrole nitrogens is 1. The van der Waals surface area contributed by atoms with Crippen LogP contribution in [-0.2, 0) is 34.3 Å². The Kier molecular flexibility index (Phi) is 6.43. The van der Waals surface area contributed by atoms with E-state index in [9.17, 15) is 9.59 Å². The number of nitrogens with zero attached hydrogens (tertiary/aromatic N) is 2. The van der Waals surface area contributed by atoms with Crippen LogP contribution < -0.4 is 5.32 Å². The number of rotatable bonds is 4. The average Bonchev–Trinajstić information content (AvgIpc) is 3.06. The van der Waals surface area contributed by atoms with Crippen molar-refractivity contribution < 1.29 is 14.3 Å². The molecular formula is C24H34N4O3. The van der Waals surface area contributed by atoms with Crippen LogP contribution in [0.4, 0.5) is 10.6 Å². The number of amides is 2. The molecule has 0 saturated carbocycles. The van der Waals surface area contributed by atoms with Crippen LogP contribution in [0.5, 0.6) is 0 Å². The van der Waals surface area contributed by atoms with Gasteiger partial charge in [-0.1, -0.05) is 45.0 Å². The number of aromatic nitrogens is 2. The number of ether oxygens (including phenoxy) is 1. The summed E-state index contributed by atoms with van der Waals surface area (Å²) in [6.45, 7) is 13.0. The van der Waals surface area contributed by atoms with E-state index in [1.807, 2.05) is 20.8 Å². The topological polar surface area (TPSA) is 87.3 Å². The third-order valence-electron chi connectivity index (χ3n) is 5.30.